The van der Waals surface area contributed by atoms with E-state index in [2.05, 4.69) is 27.6 Å². The third-order valence-corrected chi connectivity index (χ3v) is 1.80. The van der Waals surface area contributed by atoms with Crippen LogP contribution in [0.15, 0.2) is 6.33 Å². The minimum atomic E-state index is -0.0316. The first-order valence-corrected chi connectivity index (χ1v) is 5.04. The Hall–Kier alpha value is -1.43. The Morgan fingerprint density at radius 2 is 2.40 bits per heavy atom. The zero-order chi connectivity index (χ0) is 11.1. The number of hydrogen-bond acceptors (Lipinski definition) is 4. The van der Waals surface area contributed by atoms with E-state index in [9.17, 15) is 4.79 Å². The monoisotopic (exact) mass is 211 g/mol. The molecule has 0 radical (unpaired) electrons. The molecule has 0 aliphatic rings. The van der Waals surface area contributed by atoms with Crippen LogP contribution in [0.1, 0.15) is 19.2 Å². The lowest BCUT2D eigenvalue weighted by Gasteiger charge is -2.03. The maximum atomic E-state index is 11.3. The molecule has 15 heavy (non-hydrogen) atoms. The molecule has 1 rings (SSSR count). The summed E-state index contributed by atoms with van der Waals surface area (Å²) >= 11 is 0. The molecule has 6 nitrogen and oxygen atoms in total. The molecule has 0 unspecified atom stereocenters. The molecule has 0 bridgehead atoms. The molecule has 1 aromatic heterocycles. The summed E-state index contributed by atoms with van der Waals surface area (Å²) in [5.74, 6) is 0.595. The second kappa shape index (κ2) is 6.13. The number of hydrogen-bond donors (Lipinski definition) is 2. The highest BCUT2D eigenvalue weighted by atomic mass is 16.1. The number of aromatic nitrogens is 3. The van der Waals surface area contributed by atoms with E-state index < -0.39 is 0 Å². The Balaban J connectivity index is 2.16. The van der Waals surface area contributed by atoms with Gasteiger partial charge in [0.05, 0.1) is 13.1 Å². The third kappa shape index (κ3) is 4.55. The molecule has 6 heteroatoms. The first kappa shape index (κ1) is 11.6. The summed E-state index contributed by atoms with van der Waals surface area (Å²) in [6.07, 6.45) is 2.63. The van der Waals surface area contributed by atoms with Crippen molar-refractivity contribution in [3.8, 4) is 0 Å². The molecule has 2 N–H and O–H groups in total. The van der Waals surface area contributed by atoms with Gasteiger partial charge in [0.25, 0.3) is 0 Å². The highest BCUT2D eigenvalue weighted by molar-refractivity contribution is 5.77. The fourth-order valence-electron chi connectivity index (χ4n) is 1.08. The average Bonchev–Trinajstić information content (AvgIpc) is 2.62. The van der Waals surface area contributed by atoms with E-state index in [1.165, 1.54) is 0 Å². The predicted octanol–water partition coefficient (Wildman–Crippen LogP) is -0.569. The summed E-state index contributed by atoms with van der Waals surface area (Å²) in [5, 5.41) is 9.80. The Morgan fingerprint density at radius 3 is 3.00 bits per heavy atom. The van der Waals surface area contributed by atoms with Crippen LogP contribution in [0, 0.1) is 0 Å². The third-order valence-electron chi connectivity index (χ3n) is 1.80. The van der Waals surface area contributed by atoms with Crippen molar-refractivity contribution in [2.45, 2.75) is 19.9 Å². The lowest BCUT2D eigenvalue weighted by atomic mass is 10.4. The second-order valence-electron chi connectivity index (χ2n) is 3.29. The fourth-order valence-corrected chi connectivity index (χ4v) is 1.08. The van der Waals surface area contributed by atoms with Gasteiger partial charge in [0.2, 0.25) is 5.91 Å². The van der Waals surface area contributed by atoms with Gasteiger partial charge in [-0.1, -0.05) is 6.92 Å². The molecule has 0 spiro atoms. The van der Waals surface area contributed by atoms with Crippen molar-refractivity contribution < 1.29 is 4.79 Å². The molecule has 0 fully saturated rings. The Labute approximate surface area is 89.1 Å². The van der Waals surface area contributed by atoms with Crippen molar-refractivity contribution in [3.63, 3.8) is 0 Å². The summed E-state index contributed by atoms with van der Waals surface area (Å²) < 4.78 is 1.61. The quantitative estimate of drug-likeness (QED) is 0.618. The van der Waals surface area contributed by atoms with Crippen molar-refractivity contribution in [1.82, 2.24) is 25.4 Å². The molecule has 84 valence electrons. The van der Waals surface area contributed by atoms with Crippen LogP contribution < -0.4 is 10.6 Å². The fraction of sp³-hybridized carbons (Fsp3) is 0.667. The molecule has 0 aromatic carbocycles. The van der Waals surface area contributed by atoms with Gasteiger partial charge < -0.3 is 10.6 Å². The predicted molar refractivity (Wildman–Crippen MR) is 56.0 cm³/mol. The van der Waals surface area contributed by atoms with Crippen LogP contribution in [-0.4, -0.2) is 33.8 Å². The van der Waals surface area contributed by atoms with Crippen molar-refractivity contribution in [2.75, 3.05) is 13.1 Å². The van der Waals surface area contributed by atoms with Crippen molar-refractivity contribution in [3.05, 3.63) is 12.2 Å². The van der Waals surface area contributed by atoms with Crippen LogP contribution in [0.25, 0.3) is 0 Å². The summed E-state index contributed by atoms with van der Waals surface area (Å²) in [7, 11) is 1.79. The van der Waals surface area contributed by atoms with Crippen LogP contribution in [0.4, 0.5) is 0 Å². The normalized spacial score (nSPS) is 10.3. The van der Waals surface area contributed by atoms with Gasteiger partial charge in [-0.15, -0.1) is 0 Å². The van der Waals surface area contributed by atoms with Crippen LogP contribution in [0.2, 0.25) is 0 Å². The van der Waals surface area contributed by atoms with E-state index in [0.717, 1.165) is 13.0 Å². The SMILES string of the molecule is CCCNCC(=O)NCc1ncn(C)n1. The van der Waals surface area contributed by atoms with Crippen LogP contribution in [0.5, 0.6) is 0 Å². The van der Waals surface area contributed by atoms with Gasteiger partial charge in [-0.3, -0.25) is 9.48 Å². The van der Waals surface area contributed by atoms with Crippen LogP contribution >= 0.6 is 0 Å². The Kier molecular flexibility index (Phi) is 4.76. The lowest BCUT2D eigenvalue weighted by molar-refractivity contribution is -0.120. The van der Waals surface area contributed by atoms with E-state index >= 15 is 0 Å². The van der Waals surface area contributed by atoms with E-state index in [4.69, 9.17) is 0 Å². The van der Waals surface area contributed by atoms with E-state index in [0.29, 0.717) is 18.9 Å². The molecule has 1 amide bonds. The highest BCUT2D eigenvalue weighted by Crippen LogP contribution is 1.86. The number of carbonyl (C=O) groups is 1. The van der Waals surface area contributed by atoms with Gasteiger partial charge in [0.1, 0.15) is 6.33 Å². The number of aryl methyl sites for hydroxylation is 1. The molecule has 0 saturated carbocycles. The summed E-state index contributed by atoms with van der Waals surface area (Å²) in [4.78, 5) is 15.3. The molecule has 1 aromatic rings. The minimum absolute atomic E-state index is 0.0316. The first-order chi connectivity index (χ1) is 7.22. The van der Waals surface area contributed by atoms with Gasteiger partial charge >= 0.3 is 0 Å². The van der Waals surface area contributed by atoms with Gasteiger partial charge in [0, 0.05) is 7.05 Å². The largest absolute Gasteiger partial charge is 0.348 e. The van der Waals surface area contributed by atoms with E-state index in [1.807, 2.05) is 0 Å². The number of amides is 1. The molecule has 0 atom stereocenters. The zero-order valence-electron chi connectivity index (χ0n) is 9.16. The Morgan fingerprint density at radius 1 is 1.60 bits per heavy atom. The zero-order valence-corrected chi connectivity index (χ0v) is 9.16. The van der Waals surface area contributed by atoms with Crippen molar-refractivity contribution >= 4 is 5.91 Å². The van der Waals surface area contributed by atoms with Gasteiger partial charge in [0.15, 0.2) is 5.82 Å². The molecule has 1 heterocycles. The molecular weight excluding hydrogens is 194 g/mol. The topological polar surface area (TPSA) is 71.8 Å². The van der Waals surface area contributed by atoms with Crippen LogP contribution in [0.3, 0.4) is 0 Å². The minimum Gasteiger partial charge on any atom is -0.348 e. The summed E-state index contributed by atoms with van der Waals surface area (Å²) in [5.41, 5.74) is 0. The summed E-state index contributed by atoms with van der Waals surface area (Å²) in [6.45, 7) is 3.64. The van der Waals surface area contributed by atoms with Crippen molar-refractivity contribution in [1.29, 1.82) is 0 Å². The smallest absolute Gasteiger partial charge is 0.234 e. The van der Waals surface area contributed by atoms with Crippen molar-refractivity contribution in [2.24, 2.45) is 7.05 Å². The van der Waals surface area contributed by atoms with Crippen LogP contribution in [-0.2, 0) is 18.4 Å². The maximum absolute atomic E-state index is 11.3. The second-order valence-corrected chi connectivity index (χ2v) is 3.29. The molecule has 0 aliphatic heterocycles. The maximum Gasteiger partial charge on any atom is 0.234 e. The van der Waals surface area contributed by atoms with Gasteiger partial charge in [-0.05, 0) is 13.0 Å². The average molecular weight is 211 g/mol. The molecule has 0 saturated heterocycles. The summed E-state index contributed by atoms with van der Waals surface area (Å²) in [6, 6.07) is 0. The number of nitrogens with zero attached hydrogens (tertiary/aromatic N) is 3. The first-order valence-electron chi connectivity index (χ1n) is 5.04. The van der Waals surface area contributed by atoms with E-state index in [1.54, 1.807) is 18.1 Å². The van der Waals surface area contributed by atoms with E-state index in [-0.39, 0.29) is 5.91 Å². The standard InChI is InChI=1S/C9H17N5O/c1-3-4-10-6-9(15)11-5-8-12-7-14(2)13-8/h7,10H,3-6H2,1-2H3,(H,11,15). The molecule has 0 aliphatic carbocycles. The lowest BCUT2D eigenvalue weighted by Crippen LogP contribution is -2.34. The van der Waals surface area contributed by atoms with Gasteiger partial charge in [-0.2, -0.15) is 5.10 Å². The number of nitrogens with one attached hydrogen (secondary N) is 2. The Bertz CT molecular complexity index is 309. The highest BCUT2D eigenvalue weighted by Gasteiger charge is 2.02. The number of rotatable bonds is 6. The van der Waals surface area contributed by atoms with Gasteiger partial charge in [-0.25, -0.2) is 4.98 Å². The molecular formula is C9H17N5O. The number of carbonyl (C=O) groups excluding carboxylic acids is 1.